The number of aryl methyl sites for hydroxylation is 1. The molecule has 1 fully saturated rings. The summed E-state index contributed by atoms with van der Waals surface area (Å²) in [5.41, 5.74) is 6.40. The zero-order valence-corrected chi connectivity index (χ0v) is 16.7. The van der Waals surface area contributed by atoms with E-state index in [2.05, 4.69) is 5.32 Å². The molecular formula is C19H29N2O6P. The number of unbranched alkanes of at least 4 members (excludes halogenated alkanes) is 1. The Morgan fingerprint density at radius 2 is 1.93 bits per heavy atom. The predicted molar refractivity (Wildman–Crippen MR) is 105 cm³/mol. The molecule has 0 radical (unpaired) electrons. The van der Waals surface area contributed by atoms with Gasteiger partial charge in [-0.3, -0.25) is 13.9 Å². The van der Waals surface area contributed by atoms with Gasteiger partial charge in [0.1, 0.15) is 5.78 Å². The van der Waals surface area contributed by atoms with Gasteiger partial charge in [0.15, 0.2) is 6.10 Å². The van der Waals surface area contributed by atoms with Crippen molar-refractivity contribution in [2.24, 2.45) is 11.7 Å². The van der Waals surface area contributed by atoms with E-state index < -0.39 is 25.5 Å². The van der Waals surface area contributed by atoms with E-state index in [4.69, 9.17) is 10.3 Å². The van der Waals surface area contributed by atoms with Crippen molar-refractivity contribution >= 4 is 19.5 Å². The molecule has 28 heavy (non-hydrogen) atoms. The van der Waals surface area contributed by atoms with Crippen LogP contribution in [-0.2, 0) is 25.1 Å². The smallest absolute Gasteiger partial charge is 0.351 e. The lowest BCUT2D eigenvalue weighted by atomic mass is 10.1. The Bertz CT molecular complexity index is 695. The third-order valence-corrected chi connectivity index (χ3v) is 6.50. The number of nitrogens with two attached hydrogens (primary N) is 1. The fraction of sp³-hybridized carbons (Fsp3) is 0.579. The molecule has 0 heterocycles. The number of carboxylic acids is 1. The molecule has 5 N–H and O–H groups in total. The van der Waals surface area contributed by atoms with Crippen molar-refractivity contribution in [2.45, 2.75) is 56.8 Å². The molecule has 0 bridgehead atoms. The van der Waals surface area contributed by atoms with E-state index >= 15 is 0 Å². The molecule has 8 nitrogen and oxygen atoms in total. The Hall–Kier alpha value is -1.73. The molecule has 1 aliphatic carbocycles. The van der Waals surface area contributed by atoms with Crippen LogP contribution >= 0.6 is 7.60 Å². The van der Waals surface area contributed by atoms with Gasteiger partial charge in [0.05, 0.1) is 0 Å². The van der Waals surface area contributed by atoms with E-state index in [1.807, 2.05) is 30.3 Å². The number of carbonyl (C=O) groups is 2. The fourth-order valence-electron chi connectivity index (χ4n) is 2.96. The van der Waals surface area contributed by atoms with Crippen molar-refractivity contribution in [1.29, 1.82) is 0 Å². The van der Waals surface area contributed by atoms with Crippen LogP contribution in [0.4, 0.5) is 0 Å². The lowest BCUT2D eigenvalue weighted by molar-refractivity contribution is -0.145. The molecule has 9 heteroatoms. The second-order valence-electron chi connectivity index (χ2n) is 7.12. The van der Waals surface area contributed by atoms with E-state index in [0.717, 1.165) is 5.56 Å². The third-order valence-electron chi connectivity index (χ3n) is 4.69. The van der Waals surface area contributed by atoms with Crippen LogP contribution in [0.3, 0.4) is 0 Å². The van der Waals surface area contributed by atoms with Gasteiger partial charge in [-0.1, -0.05) is 30.3 Å². The number of benzene rings is 1. The molecule has 1 aromatic rings. The minimum atomic E-state index is -4.35. The summed E-state index contributed by atoms with van der Waals surface area (Å²) in [5, 5.41) is 11.9. The highest BCUT2D eigenvalue weighted by Gasteiger charge is 2.46. The van der Waals surface area contributed by atoms with Gasteiger partial charge in [-0.2, -0.15) is 0 Å². The van der Waals surface area contributed by atoms with Crippen molar-refractivity contribution in [1.82, 2.24) is 5.32 Å². The van der Waals surface area contributed by atoms with Gasteiger partial charge < -0.3 is 21.1 Å². The number of rotatable bonds is 13. The average molecular weight is 412 g/mol. The van der Waals surface area contributed by atoms with Crippen molar-refractivity contribution in [3.05, 3.63) is 35.9 Å². The second-order valence-corrected chi connectivity index (χ2v) is 9.01. The van der Waals surface area contributed by atoms with Crippen molar-refractivity contribution < 1.29 is 28.7 Å². The number of amides is 1. The van der Waals surface area contributed by atoms with Crippen LogP contribution in [0.25, 0.3) is 0 Å². The summed E-state index contributed by atoms with van der Waals surface area (Å²) in [6.45, 7) is 0.408. The summed E-state index contributed by atoms with van der Waals surface area (Å²) >= 11 is 0. The first-order chi connectivity index (χ1) is 13.3. The van der Waals surface area contributed by atoms with Crippen LogP contribution in [0.5, 0.6) is 0 Å². The highest BCUT2D eigenvalue weighted by molar-refractivity contribution is 7.53. The molecule has 0 saturated heterocycles. The number of carboxylic acid groups (broad SMARTS) is 1. The Labute approximate surface area is 165 Å². The van der Waals surface area contributed by atoms with E-state index in [-0.39, 0.29) is 24.7 Å². The van der Waals surface area contributed by atoms with Gasteiger partial charge in [-0.05, 0) is 56.6 Å². The molecule has 3 atom stereocenters. The largest absolute Gasteiger partial charge is 0.479 e. The second kappa shape index (κ2) is 10.7. The molecule has 1 saturated carbocycles. The van der Waals surface area contributed by atoms with Crippen molar-refractivity contribution in [2.75, 3.05) is 6.54 Å². The summed E-state index contributed by atoms with van der Waals surface area (Å²) < 4.78 is 17.9. The maximum atomic E-state index is 12.8. The number of aliphatic carboxylic acids is 1. The van der Waals surface area contributed by atoms with Crippen molar-refractivity contribution in [3.8, 4) is 0 Å². The van der Waals surface area contributed by atoms with Gasteiger partial charge in [-0.15, -0.1) is 0 Å². The Kier molecular flexibility index (Phi) is 8.63. The minimum absolute atomic E-state index is 0.0937. The van der Waals surface area contributed by atoms with E-state index in [9.17, 15) is 24.2 Å². The van der Waals surface area contributed by atoms with Gasteiger partial charge >= 0.3 is 13.6 Å². The lowest BCUT2D eigenvalue weighted by Gasteiger charge is -2.26. The predicted octanol–water partition coefficient (Wildman–Crippen LogP) is 2.26. The lowest BCUT2D eigenvalue weighted by Crippen LogP contribution is -2.38. The monoisotopic (exact) mass is 412 g/mol. The zero-order valence-electron chi connectivity index (χ0n) is 15.8. The van der Waals surface area contributed by atoms with Crippen LogP contribution in [-0.4, -0.2) is 40.3 Å². The van der Waals surface area contributed by atoms with Crippen LogP contribution in [0.15, 0.2) is 30.3 Å². The van der Waals surface area contributed by atoms with E-state index in [0.29, 0.717) is 38.6 Å². The molecule has 2 rings (SSSR count). The highest BCUT2D eigenvalue weighted by Crippen LogP contribution is 2.56. The molecule has 3 unspecified atom stereocenters. The molecule has 1 aromatic carbocycles. The summed E-state index contributed by atoms with van der Waals surface area (Å²) in [6.07, 6.45) is 1.85. The summed E-state index contributed by atoms with van der Waals surface area (Å²) in [4.78, 5) is 34.1. The summed E-state index contributed by atoms with van der Waals surface area (Å²) in [6, 6.07) is 9.47. The van der Waals surface area contributed by atoms with Gasteiger partial charge in [0.2, 0.25) is 5.91 Å². The molecular weight excluding hydrogens is 383 g/mol. The molecule has 1 amide bonds. The molecule has 1 aliphatic rings. The first-order valence-corrected chi connectivity index (χ1v) is 11.2. The molecule has 0 spiro atoms. The quantitative estimate of drug-likeness (QED) is 0.288. The SMILES string of the molecule is NCCCCC(OP(=O)(O)C(NC(=O)CCc1ccccc1)C1CC1)C(=O)O. The standard InChI is InChI=1S/C19H29N2O6P/c20-13-5-4-8-16(19(23)24)27-28(25,26)18(15-10-11-15)21-17(22)12-9-14-6-2-1-3-7-14/h1-3,6-7,15-16,18H,4-5,8-13,20H2,(H,21,22)(H,23,24)(H,25,26). The number of hydrogen-bond donors (Lipinski definition) is 4. The van der Waals surface area contributed by atoms with E-state index in [1.54, 1.807) is 0 Å². The van der Waals surface area contributed by atoms with Gasteiger partial charge in [0.25, 0.3) is 0 Å². The topological polar surface area (TPSA) is 139 Å². The maximum absolute atomic E-state index is 12.8. The molecule has 156 valence electrons. The Balaban J connectivity index is 1.95. The van der Waals surface area contributed by atoms with Crippen LogP contribution < -0.4 is 11.1 Å². The van der Waals surface area contributed by atoms with E-state index in [1.165, 1.54) is 0 Å². The van der Waals surface area contributed by atoms with Crippen molar-refractivity contribution in [3.63, 3.8) is 0 Å². The third kappa shape index (κ3) is 7.36. The minimum Gasteiger partial charge on any atom is -0.479 e. The Morgan fingerprint density at radius 1 is 1.25 bits per heavy atom. The molecule has 0 aliphatic heterocycles. The molecule has 0 aromatic heterocycles. The number of carbonyl (C=O) groups excluding carboxylic acids is 1. The number of nitrogens with one attached hydrogen (secondary N) is 1. The van der Waals surface area contributed by atoms with Gasteiger partial charge in [-0.25, -0.2) is 4.79 Å². The fourth-order valence-corrected chi connectivity index (χ4v) is 4.79. The average Bonchev–Trinajstić information content (AvgIpc) is 3.49. The maximum Gasteiger partial charge on any atom is 0.351 e. The first kappa shape index (κ1) is 22.6. The zero-order chi connectivity index (χ0) is 20.6. The van der Waals surface area contributed by atoms with Crippen LogP contribution in [0.2, 0.25) is 0 Å². The van der Waals surface area contributed by atoms with Crippen LogP contribution in [0.1, 0.15) is 44.1 Å². The van der Waals surface area contributed by atoms with Crippen LogP contribution in [0, 0.1) is 5.92 Å². The number of hydrogen-bond acceptors (Lipinski definition) is 5. The summed E-state index contributed by atoms with van der Waals surface area (Å²) in [7, 11) is -4.35. The highest BCUT2D eigenvalue weighted by atomic mass is 31.2. The Morgan fingerprint density at radius 3 is 2.50 bits per heavy atom. The normalized spacial score (nSPS) is 18.1. The summed E-state index contributed by atoms with van der Waals surface area (Å²) in [5.74, 6) is -2.90. The first-order valence-electron chi connectivity index (χ1n) is 9.60. The van der Waals surface area contributed by atoms with Gasteiger partial charge in [0, 0.05) is 6.42 Å².